The second-order valence-corrected chi connectivity index (χ2v) is 10.9. The summed E-state index contributed by atoms with van der Waals surface area (Å²) in [6.07, 6.45) is -0.884. The highest BCUT2D eigenvalue weighted by molar-refractivity contribution is 5.38. The molecule has 2 saturated carbocycles. The fourth-order valence-corrected chi connectivity index (χ4v) is 8.33. The van der Waals surface area contributed by atoms with E-state index in [0.717, 1.165) is 0 Å². The smallest absolute Gasteiger partial charge is 0.167 e. The number of fused-ring (bicyclic) bond motifs is 2. The van der Waals surface area contributed by atoms with E-state index in [4.69, 9.17) is 18.9 Å². The highest BCUT2D eigenvalue weighted by atomic mass is 16.7. The maximum atomic E-state index is 12.0. The quantitative estimate of drug-likeness (QED) is 0.598. The molecule has 5 aliphatic rings. The Hall–Kier alpha value is -0.280. The molecule has 5 fully saturated rings. The van der Waals surface area contributed by atoms with Crippen molar-refractivity contribution in [1.82, 2.24) is 0 Å². The fourth-order valence-electron chi connectivity index (χ4n) is 8.33. The van der Waals surface area contributed by atoms with E-state index >= 15 is 0 Å². The summed E-state index contributed by atoms with van der Waals surface area (Å²) in [5.74, 6) is -0.0723. The summed E-state index contributed by atoms with van der Waals surface area (Å²) in [4.78, 5) is 0. The minimum absolute atomic E-state index is 0.0404. The van der Waals surface area contributed by atoms with Gasteiger partial charge in [0.25, 0.3) is 0 Å². The zero-order valence-corrected chi connectivity index (χ0v) is 17.5. The number of aliphatic hydroxyl groups is 3. The Morgan fingerprint density at radius 2 is 1.89 bits per heavy atom. The molecule has 0 amide bonds. The second kappa shape index (κ2) is 5.49. The van der Waals surface area contributed by atoms with Crippen molar-refractivity contribution in [2.45, 2.75) is 83.3 Å². The van der Waals surface area contributed by atoms with E-state index in [9.17, 15) is 15.3 Å². The van der Waals surface area contributed by atoms with Gasteiger partial charge in [-0.3, -0.25) is 0 Å². The van der Waals surface area contributed by atoms with Crippen LogP contribution in [0.5, 0.6) is 0 Å². The zero-order chi connectivity index (χ0) is 20.3. The number of aliphatic hydroxyl groups excluding tert-OH is 2. The Labute approximate surface area is 166 Å². The van der Waals surface area contributed by atoms with Crippen LogP contribution in [0.4, 0.5) is 0 Å². The van der Waals surface area contributed by atoms with Crippen LogP contribution in [0, 0.1) is 28.1 Å². The number of rotatable bonds is 2. The van der Waals surface area contributed by atoms with Gasteiger partial charge in [-0.1, -0.05) is 27.7 Å². The standard InChI is InChI=1S/C21H34O7/c1-11-8-25-15-7-19-14(27-10-22)6-12(17(2,3)4)20(19)13(23)9-26-16(20)28-18(19,5)21(11,15)24/h11-16,22-24H,6-10H2,1-5H3/t11-,12+,13+,14?,15?,16?,18?,19?,20?,21-/m1/s1. The van der Waals surface area contributed by atoms with Crippen LogP contribution in [0.25, 0.3) is 0 Å². The Balaban J connectivity index is 1.78. The van der Waals surface area contributed by atoms with Gasteiger partial charge < -0.3 is 34.3 Å². The molecule has 3 saturated heterocycles. The highest BCUT2D eigenvalue weighted by Gasteiger charge is 2.92. The summed E-state index contributed by atoms with van der Waals surface area (Å²) in [6, 6.07) is 0. The molecule has 3 aliphatic heterocycles. The molecular weight excluding hydrogens is 364 g/mol. The van der Waals surface area contributed by atoms with Gasteiger partial charge >= 0.3 is 0 Å². The number of hydrogen-bond donors (Lipinski definition) is 3. The molecular formula is C21H34O7. The van der Waals surface area contributed by atoms with E-state index in [1.165, 1.54) is 0 Å². The Bertz CT molecular complexity index is 678. The molecule has 3 heterocycles. The average Bonchev–Trinajstić information content (AvgIpc) is 3.28. The average molecular weight is 398 g/mol. The normalized spacial score (nSPS) is 60.0. The van der Waals surface area contributed by atoms with Crippen molar-refractivity contribution in [3.05, 3.63) is 0 Å². The van der Waals surface area contributed by atoms with Crippen molar-refractivity contribution >= 4 is 0 Å². The van der Waals surface area contributed by atoms with Crippen LogP contribution in [0.3, 0.4) is 0 Å². The van der Waals surface area contributed by atoms with Gasteiger partial charge in [-0.15, -0.1) is 0 Å². The molecule has 2 spiro atoms. The summed E-state index contributed by atoms with van der Waals surface area (Å²) < 4.78 is 24.7. The minimum atomic E-state index is -1.20. The first-order chi connectivity index (χ1) is 13.0. The molecule has 10 atom stereocenters. The summed E-state index contributed by atoms with van der Waals surface area (Å²) in [5.41, 5.74) is -3.78. The lowest BCUT2D eigenvalue weighted by molar-refractivity contribution is -0.249. The molecule has 28 heavy (non-hydrogen) atoms. The van der Waals surface area contributed by atoms with Gasteiger partial charge in [0.15, 0.2) is 6.29 Å². The summed E-state index contributed by atoms with van der Waals surface area (Å²) in [5, 5.41) is 33.1. The van der Waals surface area contributed by atoms with Gasteiger partial charge in [0.1, 0.15) is 18.0 Å². The SMILES string of the molecule is C[C@@H]1COC2CC34C(OCO)C[C@@H](C(C)(C)C)C35C(OC[C@@H]5O)OC4(C)[C@]21O. The molecule has 7 heteroatoms. The monoisotopic (exact) mass is 398 g/mol. The van der Waals surface area contributed by atoms with Crippen LogP contribution in [0.2, 0.25) is 0 Å². The molecule has 0 radical (unpaired) electrons. The van der Waals surface area contributed by atoms with Gasteiger partial charge in [-0.25, -0.2) is 0 Å². The molecule has 7 nitrogen and oxygen atoms in total. The van der Waals surface area contributed by atoms with E-state index in [-0.39, 0.29) is 36.1 Å². The lowest BCUT2D eigenvalue weighted by Gasteiger charge is -2.51. The van der Waals surface area contributed by atoms with Gasteiger partial charge in [0.05, 0.1) is 36.9 Å². The molecule has 0 aromatic rings. The summed E-state index contributed by atoms with van der Waals surface area (Å²) in [6.45, 7) is 10.7. The third-order valence-corrected chi connectivity index (χ3v) is 9.27. The van der Waals surface area contributed by atoms with Crippen molar-refractivity contribution in [2.75, 3.05) is 20.0 Å². The maximum Gasteiger partial charge on any atom is 0.167 e. The number of hydrogen-bond acceptors (Lipinski definition) is 7. The largest absolute Gasteiger partial charge is 0.390 e. The minimum Gasteiger partial charge on any atom is -0.390 e. The van der Waals surface area contributed by atoms with Crippen LogP contribution >= 0.6 is 0 Å². The van der Waals surface area contributed by atoms with Gasteiger partial charge in [-0.05, 0) is 31.1 Å². The fraction of sp³-hybridized carbons (Fsp3) is 1.00. The molecule has 6 unspecified atom stereocenters. The van der Waals surface area contributed by atoms with Gasteiger partial charge in [-0.2, -0.15) is 0 Å². The molecule has 0 aromatic heterocycles. The highest BCUT2D eigenvalue weighted by Crippen LogP contribution is 2.82. The predicted molar refractivity (Wildman–Crippen MR) is 98.1 cm³/mol. The predicted octanol–water partition coefficient (Wildman–Crippen LogP) is 1.04. The Kier molecular flexibility index (Phi) is 3.86. The van der Waals surface area contributed by atoms with Crippen molar-refractivity contribution in [3.8, 4) is 0 Å². The van der Waals surface area contributed by atoms with E-state index < -0.39 is 41.2 Å². The molecule has 0 aromatic carbocycles. The van der Waals surface area contributed by atoms with Crippen molar-refractivity contribution in [3.63, 3.8) is 0 Å². The topological polar surface area (TPSA) is 97.6 Å². The van der Waals surface area contributed by atoms with E-state index in [1.54, 1.807) is 0 Å². The molecule has 2 aliphatic carbocycles. The van der Waals surface area contributed by atoms with Gasteiger partial charge in [0.2, 0.25) is 0 Å². The molecule has 3 N–H and O–H groups in total. The van der Waals surface area contributed by atoms with Crippen LogP contribution in [0.15, 0.2) is 0 Å². The van der Waals surface area contributed by atoms with Crippen LogP contribution in [-0.2, 0) is 18.9 Å². The Morgan fingerprint density at radius 1 is 1.18 bits per heavy atom. The van der Waals surface area contributed by atoms with Crippen molar-refractivity contribution in [2.24, 2.45) is 28.1 Å². The lowest BCUT2D eigenvalue weighted by Crippen LogP contribution is -2.64. The first-order valence-corrected chi connectivity index (χ1v) is 10.6. The first-order valence-electron chi connectivity index (χ1n) is 10.6. The Morgan fingerprint density at radius 3 is 2.54 bits per heavy atom. The van der Waals surface area contributed by atoms with E-state index in [0.29, 0.717) is 19.4 Å². The maximum absolute atomic E-state index is 12.0. The molecule has 0 bridgehead atoms. The van der Waals surface area contributed by atoms with E-state index in [2.05, 4.69) is 20.8 Å². The van der Waals surface area contributed by atoms with Crippen LogP contribution in [0.1, 0.15) is 47.5 Å². The van der Waals surface area contributed by atoms with Gasteiger partial charge in [0, 0.05) is 11.3 Å². The van der Waals surface area contributed by atoms with Crippen LogP contribution in [-0.4, -0.2) is 71.1 Å². The third kappa shape index (κ3) is 1.72. The second-order valence-electron chi connectivity index (χ2n) is 10.9. The van der Waals surface area contributed by atoms with Crippen molar-refractivity contribution < 1.29 is 34.3 Å². The van der Waals surface area contributed by atoms with E-state index in [1.807, 2.05) is 13.8 Å². The third-order valence-electron chi connectivity index (χ3n) is 9.27. The summed E-state index contributed by atoms with van der Waals surface area (Å²) in [7, 11) is 0. The van der Waals surface area contributed by atoms with Crippen molar-refractivity contribution in [1.29, 1.82) is 0 Å². The summed E-state index contributed by atoms with van der Waals surface area (Å²) >= 11 is 0. The lowest BCUT2D eigenvalue weighted by atomic mass is 9.51. The zero-order valence-electron chi connectivity index (χ0n) is 17.5. The number of ether oxygens (including phenoxy) is 4. The molecule has 160 valence electrons. The van der Waals surface area contributed by atoms with Crippen LogP contribution < -0.4 is 0 Å². The first kappa shape index (κ1) is 19.7. The molecule has 5 rings (SSSR count).